The van der Waals surface area contributed by atoms with Crippen LogP contribution in [0.15, 0.2) is 24.3 Å². The molecule has 0 bridgehead atoms. The Kier molecular flexibility index (Phi) is 3.25. The van der Waals surface area contributed by atoms with Gasteiger partial charge >= 0.3 is 0 Å². The number of nitrogens with one attached hydrogen (secondary N) is 1. The lowest BCUT2D eigenvalue weighted by Crippen LogP contribution is -2.16. The average molecular weight is 290 g/mol. The van der Waals surface area contributed by atoms with Gasteiger partial charge in [0.05, 0.1) is 0 Å². The van der Waals surface area contributed by atoms with Gasteiger partial charge in [0.15, 0.2) is 5.82 Å². The van der Waals surface area contributed by atoms with E-state index in [2.05, 4.69) is 24.0 Å². The number of H-pyrrole nitrogens is 1. The van der Waals surface area contributed by atoms with E-state index in [1.807, 2.05) is 24.3 Å². The normalized spacial score (nSPS) is 21.2. The molecule has 3 rings (SSSR count). The molecule has 1 unspecified atom stereocenters. The number of nitrogens with zero attached hydrogens (tertiary/aromatic N) is 1. The minimum Gasteiger partial charge on any atom is -0.382 e. The van der Waals surface area contributed by atoms with E-state index in [-0.39, 0.29) is 0 Å². The number of hydrogen-bond donors (Lipinski definition) is 2. The molecule has 1 fully saturated rings. The Morgan fingerprint density at radius 3 is 2.60 bits per heavy atom. The molecule has 0 radical (unpaired) electrons. The summed E-state index contributed by atoms with van der Waals surface area (Å²) in [4.78, 5) is 0. The SMILES string of the molecule is CC1(C)CCCC1c1[nH]nc(N)c1-c1ccc(Cl)cc1. The van der Waals surface area contributed by atoms with Gasteiger partial charge in [-0.2, -0.15) is 5.10 Å². The van der Waals surface area contributed by atoms with Gasteiger partial charge in [0.1, 0.15) is 0 Å². The van der Waals surface area contributed by atoms with Gasteiger partial charge in [0.2, 0.25) is 0 Å². The zero-order valence-electron chi connectivity index (χ0n) is 11.9. The molecule has 3 nitrogen and oxygen atoms in total. The zero-order valence-corrected chi connectivity index (χ0v) is 12.7. The summed E-state index contributed by atoms with van der Waals surface area (Å²) in [5, 5.41) is 8.16. The zero-order chi connectivity index (χ0) is 14.3. The summed E-state index contributed by atoms with van der Waals surface area (Å²) in [6, 6.07) is 7.81. The highest BCUT2D eigenvalue weighted by atomic mass is 35.5. The van der Waals surface area contributed by atoms with Gasteiger partial charge in [0, 0.05) is 22.2 Å². The minimum atomic E-state index is 0.292. The number of halogens is 1. The van der Waals surface area contributed by atoms with Crippen LogP contribution in [0, 0.1) is 5.41 Å². The van der Waals surface area contributed by atoms with Crippen LogP contribution in [0.4, 0.5) is 5.82 Å². The van der Waals surface area contributed by atoms with Crippen molar-refractivity contribution < 1.29 is 0 Å². The number of rotatable bonds is 2. The molecule has 1 saturated carbocycles. The molecule has 2 aromatic rings. The van der Waals surface area contributed by atoms with Gasteiger partial charge in [-0.25, -0.2) is 0 Å². The molecular weight excluding hydrogens is 270 g/mol. The van der Waals surface area contributed by atoms with E-state index >= 15 is 0 Å². The Morgan fingerprint density at radius 2 is 2.00 bits per heavy atom. The van der Waals surface area contributed by atoms with Crippen molar-refractivity contribution in [3.8, 4) is 11.1 Å². The van der Waals surface area contributed by atoms with Crippen LogP contribution in [0.25, 0.3) is 11.1 Å². The number of aromatic nitrogens is 2. The minimum absolute atomic E-state index is 0.292. The maximum absolute atomic E-state index is 6.09. The lowest BCUT2D eigenvalue weighted by atomic mass is 9.78. The van der Waals surface area contributed by atoms with E-state index in [4.69, 9.17) is 17.3 Å². The van der Waals surface area contributed by atoms with Crippen molar-refractivity contribution in [2.24, 2.45) is 5.41 Å². The summed E-state index contributed by atoms with van der Waals surface area (Å²) in [6.45, 7) is 4.65. The van der Waals surface area contributed by atoms with Crippen molar-refractivity contribution in [3.63, 3.8) is 0 Å². The first-order valence-electron chi connectivity index (χ1n) is 7.09. The molecule has 0 spiro atoms. The van der Waals surface area contributed by atoms with Crippen molar-refractivity contribution in [3.05, 3.63) is 35.0 Å². The third kappa shape index (κ3) is 2.20. The number of anilines is 1. The summed E-state index contributed by atoms with van der Waals surface area (Å²) in [7, 11) is 0. The summed E-state index contributed by atoms with van der Waals surface area (Å²) < 4.78 is 0. The van der Waals surface area contributed by atoms with E-state index < -0.39 is 0 Å². The molecule has 1 aliphatic rings. The fraction of sp³-hybridized carbons (Fsp3) is 0.438. The van der Waals surface area contributed by atoms with Crippen LogP contribution in [-0.4, -0.2) is 10.2 Å². The lowest BCUT2D eigenvalue weighted by molar-refractivity contribution is 0.328. The van der Waals surface area contributed by atoms with Gasteiger partial charge in [-0.15, -0.1) is 0 Å². The average Bonchev–Trinajstić information content (AvgIpc) is 2.93. The topological polar surface area (TPSA) is 54.7 Å². The van der Waals surface area contributed by atoms with Gasteiger partial charge in [-0.1, -0.05) is 44.0 Å². The molecule has 0 saturated heterocycles. The van der Waals surface area contributed by atoms with Crippen LogP contribution >= 0.6 is 11.6 Å². The molecule has 1 aromatic carbocycles. The molecule has 0 amide bonds. The van der Waals surface area contributed by atoms with Gasteiger partial charge < -0.3 is 5.73 Å². The maximum atomic E-state index is 6.09. The van der Waals surface area contributed by atoms with Crippen molar-refractivity contribution >= 4 is 17.4 Å². The molecule has 1 atom stereocenters. The Labute approximate surface area is 124 Å². The molecule has 4 heteroatoms. The molecular formula is C16H20ClN3. The fourth-order valence-electron chi connectivity index (χ4n) is 3.40. The van der Waals surface area contributed by atoms with Crippen LogP contribution in [0.3, 0.4) is 0 Å². The Balaban J connectivity index is 2.08. The molecule has 1 aromatic heterocycles. The van der Waals surface area contributed by atoms with Crippen LogP contribution in [0.5, 0.6) is 0 Å². The van der Waals surface area contributed by atoms with Crippen LogP contribution in [-0.2, 0) is 0 Å². The van der Waals surface area contributed by atoms with Crippen molar-refractivity contribution in [2.45, 2.75) is 39.0 Å². The number of nitrogens with two attached hydrogens (primary N) is 1. The van der Waals surface area contributed by atoms with Crippen LogP contribution < -0.4 is 5.73 Å². The number of hydrogen-bond acceptors (Lipinski definition) is 2. The third-order valence-electron chi connectivity index (χ3n) is 4.56. The summed E-state index contributed by atoms with van der Waals surface area (Å²) >= 11 is 5.97. The molecule has 0 aliphatic heterocycles. The van der Waals surface area contributed by atoms with Crippen molar-refractivity contribution in [1.29, 1.82) is 0 Å². The molecule has 20 heavy (non-hydrogen) atoms. The second-order valence-electron chi connectivity index (χ2n) is 6.34. The van der Waals surface area contributed by atoms with E-state index in [9.17, 15) is 0 Å². The van der Waals surface area contributed by atoms with E-state index in [0.717, 1.165) is 16.1 Å². The number of nitrogen functional groups attached to an aromatic ring is 1. The number of aromatic amines is 1. The van der Waals surface area contributed by atoms with Crippen LogP contribution in [0.2, 0.25) is 5.02 Å². The summed E-state index contributed by atoms with van der Waals surface area (Å²) in [5.74, 6) is 1.06. The lowest BCUT2D eigenvalue weighted by Gasteiger charge is -2.27. The van der Waals surface area contributed by atoms with E-state index in [1.54, 1.807) is 0 Å². The van der Waals surface area contributed by atoms with Crippen molar-refractivity contribution in [2.75, 3.05) is 5.73 Å². The fourth-order valence-corrected chi connectivity index (χ4v) is 3.53. The second kappa shape index (κ2) is 4.81. The van der Waals surface area contributed by atoms with E-state index in [1.165, 1.54) is 25.0 Å². The molecule has 1 heterocycles. The summed E-state index contributed by atoms with van der Waals surface area (Å²) in [5.41, 5.74) is 9.68. The number of benzene rings is 1. The summed E-state index contributed by atoms with van der Waals surface area (Å²) in [6.07, 6.45) is 3.70. The van der Waals surface area contributed by atoms with E-state index in [0.29, 0.717) is 17.2 Å². The van der Waals surface area contributed by atoms with Crippen molar-refractivity contribution in [1.82, 2.24) is 10.2 Å². The monoisotopic (exact) mass is 289 g/mol. The smallest absolute Gasteiger partial charge is 0.153 e. The quantitative estimate of drug-likeness (QED) is 0.848. The highest BCUT2D eigenvalue weighted by Crippen LogP contribution is 2.51. The van der Waals surface area contributed by atoms with Gasteiger partial charge in [-0.05, 0) is 36.0 Å². The van der Waals surface area contributed by atoms with Gasteiger partial charge in [-0.3, -0.25) is 5.10 Å². The third-order valence-corrected chi connectivity index (χ3v) is 4.81. The first-order chi connectivity index (χ1) is 9.49. The Morgan fingerprint density at radius 1 is 1.30 bits per heavy atom. The molecule has 106 valence electrons. The molecule has 3 N–H and O–H groups in total. The predicted molar refractivity (Wildman–Crippen MR) is 83.8 cm³/mol. The first-order valence-corrected chi connectivity index (χ1v) is 7.46. The second-order valence-corrected chi connectivity index (χ2v) is 6.77. The Bertz CT molecular complexity index is 613. The molecule has 1 aliphatic carbocycles. The highest BCUT2D eigenvalue weighted by molar-refractivity contribution is 6.30. The predicted octanol–water partition coefficient (Wildman–Crippen LogP) is 4.61. The van der Waals surface area contributed by atoms with Gasteiger partial charge in [0.25, 0.3) is 0 Å². The highest BCUT2D eigenvalue weighted by Gasteiger charge is 2.38. The standard InChI is InChI=1S/C16H20ClN3/c1-16(2)9-3-4-12(16)14-13(15(18)20-19-14)10-5-7-11(17)8-6-10/h5-8,12H,3-4,9H2,1-2H3,(H3,18,19,20). The largest absolute Gasteiger partial charge is 0.382 e. The Hall–Kier alpha value is -1.48. The maximum Gasteiger partial charge on any atom is 0.153 e. The van der Waals surface area contributed by atoms with Crippen LogP contribution in [0.1, 0.15) is 44.7 Å². The first kappa shape index (κ1) is 13.5.